The van der Waals surface area contributed by atoms with Crippen molar-refractivity contribution in [1.82, 2.24) is 10.2 Å². The third kappa shape index (κ3) is 4.46. The molecule has 2 aromatic carbocycles. The number of carbonyl (C=O) groups excluding carboxylic acids is 1. The van der Waals surface area contributed by atoms with Crippen LogP contribution in [0.3, 0.4) is 0 Å². The lowest BCUT2D eigenvalue weighted by atomic mass is 10.1. The molecule has 7 heteroatoms. The van der Waals surface area contributed by atoms with Crippen molar-refractivity contribution in [3.63, 3.8) is 0 Å². The van der Waals surface area contributed by atoms with E-state index in [1.165, 1.54) is 0 Å². The molecule has 0 unspecified atom stereocenters. The Labute approximate surface area is 177 Å². The number of anilines is 1. The number of amides is 1. The van der Waals surface area contributed by atoms with E-state index in [2.05, 4.69) is 21.2 Å². The number of hydrogen-bond donors (Lipinski definition) is 1. The lowest BCUT2D eigenvalue weighted by molar-refractivity contribution is -0.126. The third-order valence-corrected chi connectivity index (χ3v) is 5.65. The number of carbonyl (C=O) groups is 1. The van der Waals surface area contributed by atoms with Gasteiger partial charge in [0.05, 0.1) is 18.3 Å². The van der Waals surface area contributed by atoms with E-state index in [0.717, 1.165) is 54.7 Å². The summed E-state index contributed by atoms with van der Waals surface area (Å²) in [4.78, 5) is 17.3. The van der Waals surface area contributed by atoms with E-state index in [9.17, 15) is 4.79 Å². The van der Waals surface area contributed by atoms with Gasteiger partial charge in [0.25, 0.3) is 0 Å². The molecule has 2 aliphatic rings. The first-order valence-corrected chi connectivity index (χ1v) is 10.5. The molecule has 1 saturated heterocycles. The summed E-state index contributed by atoms with van der Waals surface area (Å²) in [5.74, 6) is 2.44. The van der Waals surface area contributed by atoms with Gasteiger partial charge in [0.1, 0.15) is 5.75 Å². The van der Waals surface area contributed by atoms with Crippen LogP contribution in [0.2, 0.25) is 0 Å². The molecule has 1 N–H and O–H groups in total. The second-order valence-electron chi connectivity index (χ2n) is 7.51. The Morgan fingerprint density at radius 3 is 2.67 bits per heavy atom. The minimum atomic E-state index is -0.178. The number of nitrogens with zero attached hydrogens (tertiary/aromatic N) is 2. The minimum Gasteiger partial charge on any atom is -0.492 e. The number of piperazine rings is 1. The van der Waals surface area contributed by atoms with Crippen LogP contribution in [0.25, 0.3) is 0 Å². The first kappa shape index (κ1) is 20.3. The normalized spacial score (nSPS) is 16.9. The molecule has 7 nitrogen and oxygen atoms in total. The zero-order valence-electron chi connectivity index (χ0n) is 17.6. The van der Waals surface area contributed by atoms with Crippen molar-refractivity contribution in [1.29, 1.82) is 0 Å². The Balaban J connectivity index is 1.28. The maximum Gasteiger partial charge on any atom is 0.237 e. The number of rotatable bonds is 7. The first-order valence-electron chi connectivity index (χ1n) is 10.5. The van der Waals surface area contributed by atoms with Crippen molar-refractivity contribution in [2.75, 3.05) is 44.5 Å². The van der Waals surface area contributed by atoms with Crippen LogP contribution in [-0.4, -0.2) is 56.4 Å². The van der Waals surface area contributed by atoms with E-state index in [1.54, 1.807) is 0 Å². The van der Waals surface area contributed by atoms with Gasteiger partial charge in [-0.1, -0.05) is 18.2 Å². The summed E-state index contributed by atoms with van der Waals surface area (Å²) < 4.78 is 16.5. The molecule has 1 fully saturated rings. The molecule has 0 aliphatic carbocycles. The van der Waals surface area contributed by atoms with E-state index < -0.39 is 0 Å². The number of para-hydroxylation sites is 2. The largest absolute Gasteiger partial charge is 0.492 e. The predicted octanol–water partition coefficient (Wildman–Crippen LogP) is 2.64. The second kappa shape index (κ2) is 9.26. The molecule has 0 bridgehead atoms. The quantitative estimate of drug-likeness (QED) is 0.756. The summed E-state index contributed by atoms with van der Waals surface area (Å²) >= 11 is 0. The number of hydrogen-bond acceptors (Lipinski definition) is 6. The molecule has 0 radical (unpaired) electrons. The number of fused-ring (bicyclic) bond motifs is 1. The molecule has 0 aromatic heterocycles. The smallest absolute Gasteiger partial charge is 0.237 e. The fraction of sp³-hybridized carbons (Fsp3) is 0.435. The molecule has 4 rings (SSSR count). The van der Waals surface area contributed by atoms with Crippen LogP contribution in [0.15, 0.2) is 42.5 Å². The molecule has 160 valence electrons. The highest BCUT2D eigenvalue weighted by Crippen LogP contribution is 2.32. The topological polar surface area (TPSA) is 63.3 Å². The van der Waals surface area contributed by atoms with Gasteiger partial charge in [-0.25, -0.2) is 0 Å². The average Bonchev–Trinajstić information content (AvgIpc) is 3.26. The monoisotopic (exact) mass is 411 g/mol. The fourth-order valence-corrected chi connectivity index (χ4v) is 3.90. The van der Waals surface area contributed by atoms with Gasteiger partial charge in [0.15, 0.2) is 11.5 Å². The van der Waals surface area contributed by atoms with Gasteiger partial charge in [-0.05, 0) is 43.7 Å². The Morgan fingerprint density at radius 2 is 1.87 bits per heavy atom. The van der Waals surface area contributed by atoms with Gasteiger partial charge in [-0.3, -0.25) is 9.69 Å². The van der Waals surface area contributed by atoms with E-state index in [-0.39, 0.29) is 18.7 Å². The molecular weight excluding hydrogens is 382 g/mol. The van der Waals surface area contributed by atoms with Crippen molar-refractivity contribution >= 4 is 11.6 Å². The van der Waals surface area contributed by atoms with Crippen LogP contribution >= 0.6 is 0 Å². The highest BCUT2D eigenvalue weighted by molar-refractivity contribution is 5.81. The maximum absolute atomic E-state index is 12.7. The summed E-state index contributed by atoms with van der Waals surface area (Å²) in [7, 11) is 0. The standard InChI is InChI=1S/C23H29N3O4/c1-3-28-20-7-5-4-6-19(20)26-12-10-25(11-13-26)17(2)23(27)24-15-18-8-9-21-22(14-18)30-16-29-21/h4-9,14,17H,3,10-13,15-16H2,1-2H3,(H,24,27)/t17-/m0/s1. The molecule has 2 aliphatic heterocycles. The third-order valence-electron chi connectivity index (χ3n) is 5.65. The van der Waals surface area contributed by atoms with Crippen LogP contribution in [0.4, 0.5) is 5.69 Å². The Bertz CT molecular complexity index is 881. The lowest BCUT2D eigenvalue weighted by Crippen LogP contribution is -2.53. The molecular formula is C23H29N3O4. The minimum absolute atomic E-state index is 0.0378. The van der Waals surface area contributed by atoms with Gasteiger partial charge in [0, 0.05) is 32.7 Å². The molecule has 1 atom stereocenters. The maximum atomic E-state index is 12.7. The molecule has 2 aromatic rings. The highest BCUT2D eigenvalue weighted by Gasteiger charge is 2.26. The summed E-state index contributed by atoms with van der Waals surface area (Å²) in [5, 5.41) is 3.05. The van der Waals surface area contributed by atoms with Crippen molar-refractivity contribution in [2.45, 2.75) is 26.4 Å². The molecule has 2 heterocycles. The Morgan fingerprint density at radius 1 is 1.10 bits per heavy atom. The van der Waals surface area contributed by atoms with E-state index in [4.69, 9.17) is 14.2 Å². The van der Waals surface area contributed by atoms with E-state index in [1.807, 2.05) is 50.2 Å². The Hall–Kier alpha value is -2.93. The van der Waals surface area contributed by atoms with Crippen LogP contribution < -0.4 is 24.4 Å². The predicted molar refractivity (Wildman–Crippen MR) is 115 cm³/mol. The zero-order chi connectivity index (χ0) is 20.9. The SMILES string of the molecule is CCOc1ccccc1N1CCN([C@@H](C)C(=O)NCc2ccc3c(c2)OCO3)CC1. The summed E-state index contributed by atoms with van der Waals surface area (Å²) in [6.07, 6.45) is 0. The summed E-state index contributed by atoms with van der Waals surface area (Å²) in [6, 6.07) is 13.7. The van der Waals surface area contributed by atoms with Crippen molar-refractivity contribution in [2.24, 2.45) is 0 Å². The van der Waals surface area contributed by atoms with Crippen LogP contribution in [0.1, 0.15) is 19.4 Å². The highest BCUT2D eigenvalue weighted by atomic mass is 16.7. The molecule has 0 spiro atoms. The second-order valence-corrected chi connectivity index (χ2v) is 7.51. The fourth-order valence-electron chi connectivity index (χ4n) is 3.90. The van der Waals surface area contributed by atoms with E-state index >= 15 is 0 Å². The lowest BCUT2D eigenvalue weighted by Gasteiger charge is -2.39. The summed E-state index contributed by atoms with van der Waals surface area (Å²) in [5.41, 5.74) is 2.12. The van der Waals surface area contributed by atoms with Gasteiger partial charge in [0.2, 0.25) is 12.7 Å². The first-order chi connectivity index (χ1) is 14.7. The van der Waals surface area contributed by atoms with Gasteiger partial charge >= 0.3 is 0 Å². The molecule has 30 heavy (non-hydrogen) atoms. The summed E-state index contributed by atoms with van der Waals surface area (Å²) in [6.45, 7) is 8.74. The average molecular weight is 412 g/mol. The number of nitrogens with one attached hydrogen (secondary N) is 1. The number of benzene rings is 2. The molecule has 1 amide bonds. The van der Waals surface area contributed by atoms with Crippen molar-refractivity contribution in [3.8, 4) is 17.2 Å². The van der Waals surface area contributed by atoms with Gasteiger partial charge < -0.3 is 24.4 Å². The van der Waals surface area contributed by atoms with E-state index in [0.29, 0.717) is 13.2 Å². The van der Waals surface area contributed by atoms with Crippen LogP contribution in [0, 0.1) is 0 Å². The van der Waals surface area contributed by atoms with Gasteiger partial charge in [-0.15, -0.1) is 0 Å². The zero-order valence-corrected chi connectivity index (χ0v) is 17.6. The van der Waals surface area contributed by atoms with Crippen LogP contribution in [-0.2, 0) is 11.3 Å². The van der Waals surface area contributed by atoms with Crippen molar-refractivity contribution in [3.05, 3.63) is 48.0 Å². The van der Waals surface area contributed by atoms with Crippen LogP contribution in [0.5, 0.6) is 17.2 Å². The van der Waals surface area contributed by atoms with Gasteiger partial charge in [-0.2, -0.15) is 0 Å². The van der Waals surface area contributed by atoms with Crippen molar-refractivity contribution < 1.29 is 19.0 Å². The molecule has 0 saturated carbocycles. The number of ether oxygens (including phenoxy) is 3. The Kier molecular flexibility index (Phi) is 6.28.